The van der Waals surface area contributed by atoms with Gasteiger partial charge in [-0.3, -0.25) is 9.59 Å². The van der Waals surface area contributed by atoms with E-state index < -0.39 is 5.97 Å². The Labute approximate surface area is 106 Å². The van der Waals surface area contributed by atoms with Gasteiger partial charge in [-0.25, -0.2) is 0 Å². The van der Waals surface area contributed by atoms with Crippen molar-refractivity contribution in [3.63, 3.8) is 0 Å². The molecule has 1 aromatic rings. The summed E-state index contributed by atoms with van der Waals surface area (Å²) in [4.78, 5) is 22.6. The molecule has 2 rings (SSSR count). The van der Waals surface area contributed by atoms with Gasteiger partial charge < -0.3 is 10.4 Å². The fraction of sp³-hybridized carbons (Fsp3) is 0.429. The van der Waals surface area contributed by atoms with Crippen LogP contribution in [-0.4, -0.2) is 23.0 Å². The summed E-state index contributed by atoms with van der Waals surface area (Å²) in [5.74, 6) is -1.29. The summed E-state index contributed by atoms with van der Waals surface area (Å²) in [7, 11) is 0. The van der Waals surface area contributed by atoms with Crippen LogP contribution in [0.2, 0.25) is 0 Å². The summed E-state index contributed by atoms with van der Waals surface area (Å²) < 4.78 is 0. The third-order valence-electron chi connectivity index (χ3n) is 3.53. The third kappa shape index (κ3) is 2.70. The predicted octanol–water partition coefficient (Wildman–Crippen LogP) is 1.77. The second kappa shape index (κ2) is 5.21. The van der Waals surface area contributed by atoms with E-state index in [0.717, 1.165) is 5.56 Å². The Morgan fingerprint density at radius 2 is 1.89 bits per heavy atom. The van der Waals surface area contributed by atoms with Gasteiger partial charge in [0.25, 0.3) is 0 Å². The molecule has 0 bridgehead atoms. The Morgan fingerprint density at radius 3 is 2.44 bits per heavy atom. The van der Waals surface area contributed by atoms with Crippen LogP contribution in [0.15, 0.2) is 30.3 Å². The molecule has 0 unspecified atom stereocenters. The summed E-state index contributed by atoms with van der Waals surface area (Å²) in [5, 5.41) is 11.7. The van der Waals surface area contributed by atoms with E-state index in [1.54, 1.807) is 0 Å². The van der Waals surface area contributed by atoms with Crippen LogP contribution in [0.5, 0.6) is 0 Å². The zero-order valence-corrected chi connectivity index (χ0v) is 10.3. The highest BCUT2D eigenvalue weighted by molar-refractivity contribution is 5.83. The molecule has 4 heteroatoms. The molecule has 0 aromatic heterocycles. The number of aliphatic carboxylic acids is 1. The smallest absolute Gasteiger partial charge is 0.306 e. The maximum Gasteiger partial charge on any atom is 0.306 e. The molecule has 1 amide bonds. The Kier molecular flexibility index (Phi) is 3.65. The van der Waals surface area contributed by atoms with Gasteiger partial charge >= 0.3 is 5.97 Å². The van der Waals surface area contributed by atoms with E-state index in [2.05, 4.69) is 5.32 Å². The molecule has 1 saturated carbocycles. The monoisotopic (exact) mass is 247 g/mol. The molecular formula is C14H17NO3. The second-order valence-corrected chi connectivity index (χ2v) is 4.84. The van der Waals surface area contributed by atoms with E-state index >= 15 is 0 Å². The van der Waals surface area contributed by atoms with Gasteiger partial charge in [0.2, 0.25) is 5.91 Å². The van der Waals surface area contributed by atoms with Gasteiger partial charge in [-0.15, -0.1) is 0 Å². The lowest BCUT2D eigenvalue weighted by molar-refractivity contribution is -0.146. The molecule has 0 radical (unpaired) electrons. The van der Waals surface area contributed by atoms with Gasteiger partial charge in [0, 0.05) is 6.04 Å². The van der Waals surface area contributed by atoms with Crippen LogP contribution in [-0.2, 0) is 9.59 Å². The molecule has 96 valence electrons. The number of carboxylic acids is 1. The molecule has 1 aliphatic carbocycles. The summed E-state index contributed by atoms with van der Waals surface area (Å²) >= 11 is 0. The number of benzene rings is 1. The molecule has 0 saturated heterocycles. The zero-order chi connectivity index (χ0) is 13.1. The average Bonchev–Trinajstić information content (AvgIpc) is 2.32. The molecule has 2 N–H and O–H groups in total. The molecule has 0 aliphatic heterocycles. The maximum absolute atomic E-state index is 12.0. The Hall–Kier alpha value is -1.84. The first kappa shape index (κ1) is 12.6. The van der Waals surface area contributed by atoms with Crippen molar-refractivity contribution in [2.75, 3.05) is 0 Å². The summed E-state index contributed by atoms with van der Waals surface area (Å²) in [6, 6.07) is 9.59. The van der Waals surface area contributed by atoms with Gasteiger partial charge in [-0.2, -0.15) is 0 Å². The highest BCUT2D eigenvalue weighted by atomic mass is 16.4. The molecule has 1 aliphatic rings. The van der Waals surface area contributed by atoms with E-state index in [1.165, 1.54) is 0 Å². The molecular weight excluding hydrogens is 230 g/mol. The standard InChI is InChI=1S/C14H17NO3/c1-9(10-5-3-2-4-6-10)13(16)15-12-7-11(8-12)14(17)18/h2-6,9,11-12H,7-8H2,1H3,(H,15,16)(H,17,18)/t9-,11?,12?/m0/s1. The van der Waals surface area contributed by atoms with Gasteiger partial charge in [0.15, 0.2) is 0 Å². The minimum atomic E-state index is -0.767. The van der Waals surface area contributed by atoms with Crippen molar-refractivity contribution < 1.29 is 14.7 Å². The molecule has 18 heavy (non-hydrogen) atoms. The lowest BCUT2D eigenvalue weighted by Gasteiger charge is -2.33. The molecule has 0 heterocycles. The number of carboxylic acid groups (broad SMARTS) is 1. The van der Waals surface area contributed by atoms with Crippen molar-refractivity contribution in [1.82, 2.24) is 5.32 Å². The van der Waals surface area contributed by atoms with E-state index in [0.29, 0.717) is 12.8 Å². The highest BCUT2D eigenvalue weighted by Crippen LogP contribution is 2.28. The Bertz CT molecular complexity index is 438. The van der Waals surface area contributed by atoms with E-state index in [4.69, 9.17) is 5.11 Å². The van der Waals surface area contributed by atoms with Crippen LogP contribution in [0.25, 0.3) is 0 Å². The lowest BCUT2D eigenvalue weighted by Crippen LogP contribution is -2.47. The van der Waals surface area contributed by atoms with Crippen LogP contribution in [0.3, 0.4) is 0 Å². The molecule has 1 aromatic carbocycles. The topological polar surface area (TPSA) is 66.4 Å². The van der Waals surface area contributed by atoms with Crippen LogP contribution in [0.4, 0.5) is 0 Å². The zero-order valence-electron chi connectivity index (χ0n) is 10.3. The molecule has 4 nitrogen and oxygen atoms in total. The molecule has 0 spiro atoms. The second-order valence-electron chi connectivity index (χ2n) is 4.84. The normalized spacial score (nSPS) is 23.8. The van der Waals surface area contributed by atoms with Gasteiger partial charge in [-0.1, -0.05) is 30.3 Å². The summed E-state index contributed by atoms with van der Waals surface area (Å²) in [6.45, 7) is 1.86. The maximum atomic E-state index is 12.0. The van der Waals surface area contributed by atoms with E-state index in [1.807, 2.05) is 37.3 Å². The number of carbonyl (C=O) groups is 2. The largest absolute Gasteiger partial charge is 0.481 e. The lowest BCUT2D eigenvalue weighted by atomic mass is 9.80. The van der Waals surface area contributed by atoms with Crippen LogP contribution >= 0.6 is 0 Å². The van der Waals surface area contributed by atoms with Crippen molar-refractivity contribution in [2.24, 2.45) is 5.92 Å². The van der Waals surface area contributed by atoms with Crippen molar-refractivity contribution in [3.05, 3.63) is 35.9 Å². The van der Waals surface area contributed by atoms with Crippen LogP contribution in [0, 0.1) is 5.92 Å². The van der Waals surface area contributed by atoms with Crippen molar-refractivity contribution in [1.29, 1.82) is 0 Å². The predicted molar refractivity (Wildman–Crippen MR) is 67.1 cm³/mol. The van der Waals surface area contributed by atoms with Crippen molar-refractivity contribution in [2.45, 2.75) is 31.7 Å². The van der Waals surface area contributed by atoms with Crippen LogP contribution in [0.1, 0.15) is 31.2 Å². The van der Waals surface area contributed by atoms with Gasteiger partial charge in [0.1, 0.15) is 0 Å². The van der Waals surface area contributed by atoms with E-state index in [9.17, 15) is 9.59 Å². The molecule has 1 fully saturated rings. The van der Waals surface area contributed by atoms with Crippen LogP contribution < -0.4 is 5.32 Å². The number of nitrogens with one attached hydrogen (secondary N) is 1. The Morgan fingerprint density at radius 1 is 1.28 bits per heavy atom. The quantitative estimate of drug-likeness (QED) is 0.852. The van der Waals surface area contributed by atoms with Gasteiger partial charge in [-0.05, 0) is 25.3 Å². The highest BCUT2D eigenvalue weighted by Gasteiger charge is 2.35. The van der Waals surface area contributed by atoms with Crippen molar-refractivity contribution in [3.8, 4) is 0 Å². The summed E-state index contributed by atoms with van der Waals surface area (Å²) in [6.07, 6.45) is 1.09. The SMILES string of the molecule is C[C@H](C(=O)NC1CC(C(=O)O)C1)c1ccccc1. The third-order valence-corrected chi connectivity index (χ3v) is 3.53. The summed E-state index contributed by atoms with van der Waals surface area (Å²) in [5.41, 5.74) is 0.976. The number of rotatable bonds is 4. The first-order chi connectivity index (χ1) is 8.58. The first-order valence-corrected chi connectivity index (χ1v) is 6.16. The Balaban J connectivity index is 1.84. The number of carbonyl (C=O) groups excluding carboxylic acids is 1. The van der Waals surface area contributed by atoms with Gasteiger partial charge in [0.05, 0.1) is 11.8 Å². The average molecular weight is 247 g/mol. The fourth-order valence-electron chi connectivity index (χ4n) is 2.16. The van der Waals surface area contributed by atoms with E-state index in [-0.39, 0.29) is 23.8 Å². The minimum absolute atomic E-state index is 0.0183. The number of hydrogen-bond donors (Lipinski definition) is 2. The fourth-order valence-corrected chi connectivity index (χ4v) is 2.16. The number of amides is 1. The first-order valence-electron chi connectivity index (χ1n) is 6.16. The molecule has 1 atom stereocenters. The minimum Gasteiger partial charge on any atom is -0.481 e. The number of hydrogen-bond acceptors (Lipinski definition) is 2. The van der Waals surface area contributed by atoms with Crippen molar-refractivity contribution >= 4 is 11.9 Å².